The van der Waals surface area contributed by atoms with Gasteiger partial charge in [0.15, 0.2) is 0 Å². The number of hydrogen-bond acceptors (Lipinski definition) is 4. The molecule has 1 aromatic carbocycles. The van der Waals surface area contributed by atoms with Crippen molar-refractivity contribution in [2.45, 2.75) is 13.0 Å². The molecule has 0 spiro atoms. The molecule has 5 heteroatoms. The first-order valence-corrected chi connectivity index (χ1v) is 5.94. The summed E-state index contributed by atoms with van der Waals surface area (Å²) in [6.07, 6.45) is 3.78. The average Bonchev–Trinajstić information content (AvgIpc) is 2.83. The van der Waals surface area contributed by atoms with Crippen LogP contribution < -0.4 is 4.74 Å². The van der Waals surface area contributed by atoms with Gasteiger partial charge >= 0.3 is 5.97 Å². The summed E-state index contributed by atoms with van der Waals surface area (Å²) in [6, 6.07) is 7.42. The molecule has 100 valence electrons. The fourth-order valence-corrected chi connectivity index (χ4v) is 1.70. The lowest BCUT2D eigenvalue weighted by atomic mass is 10.1. The van der Waals surface area contributed by atoms with Crippen molar-refractivity contribution in [3.05, 3.63) is 48.0 Å². The number of aromatic nitrogens is 2. The Morgan fingerprint density at radius 3 is 2.84 bits per heavy atom. The molecule has 1 aromatic heterocycles. The van der Waals surface area contributed by atoms with Crippen LogP contribution in [0.3, 0.4) is 0 Å². The zero-order chi connectivity index (χ0) is 13.7. The van der Waals surface area contributed by atoms with Crippen LogP contribution in [0.5, 0.6) is 5.75 Å². The largest absolute Gasteiger partial charge is 0.485 e. The number of imidazole rings is 1. The Bertz CT molecular complexity index is 563. The normalized spacial score (nSPS) is 10.2. The number of ether oxygens (including phenoxy) is 2. The number of methoxy groups -OCH3 is 1. The summed E-state index contributed by atoms with van der Waals surface area (Å²) in [4.78, 5) is 15.5. The van der Waals surface area contributed by atoms with E-state index in [0.717, 1.165) is 11.4 Å². The van der Waals surface area contributed by atoms with Crippen LogP contribution in [0.1, 0.15) is 11.4 Å². The Balaban J connectivity index is 2.07. The highest BCUT2D eigenvalue weighted by Crippen LogP contribution is 2.19. The Morgan fingerprint density at radius 2 is 2.16 bits per heavy atom. The summed E-state index contributed by atoms with van der Waals surface area (Å²) in [6.45, 7) is 0.363. The third kappa shape index (κ3) is 3.34. The summed E-state index contributed by atoms with van der Waals surface area (Å²) in [7, 11) is 3.28. The minimum Gasteiger partial charge on any atom is -0.485 e. The van der Waals surface area contributed by atoms with Crippen LogP contribution in [0.15, 0.2) is 36.7 Å². The molecule has 0 aliphatic heterocycles. The molecule has 2 rings (SSSR count). The van der Waals surface area contributed by atoms with Crippen LogP contribution in [0.25, 0.3) is 0 Å². The molecular formula is C14H16N2O3. The number of carbonyl (C=O) groups is 1. The molecule has 0 N–H and O–H groups in total. The van der Waals surface area contributed by atoms with Crippen LogP contribution in [0.2, 0.25) is 0 Å². The van der Waals surface area contributed by atoms with Crippen molar-refractivity contribution >= 4 is 5.97 Å². The van der Waals surface area contributed by atoms with Gasteiger partial charge in [0.05, 0.1) is 13.5 Å². The minimum atomic E-state index is -0.284. The molecule has 0 saturated carbocycles. The number of hydrogen-bond donors (Lipinski definition) is 0. The summed E-state index contributed by atoms with van der Waals surface area (Å²) in [5.74, 6) is 1.22. The third-order valence-corrected chi connectivity index (χ3v) is 2.81. The highest BCUT2D eigenvalue weighted by Gasteiger charge is 2.09. The maximum Gasteiger partial charge on any atom is 0.310 e. The second kappa shape index (κ2) is 6.04. The Labute approximate surface area is 111 Å². The second-order valence-electron chi connectivity index (χ2n) is 4.10. The summed E-state index contributed by atoms with van der Waals surface area (Å²) >= 11 is 0. The Morgan fingerprint density at radius 1 is 1.37 bits per heavy atom. The molecule has 19 heavy (non-hydrogen) atoms. The third-order valence-electron chi connectivity index (χ3n) is 2.81. The molecule has 1 heterocycles. The zero-order valence-corrected chi connectivity index (χ0v) is 11.0. The van der Waals surface area contributed by atoms with E-state index in [-0.39, 0.29) is 12.4 Å². The number of para-hydroxylation sites is 1. The van der Waals surface area contributed by atoms with Crippen LogP contribution in [-0.2, 0) is 29.6 Å². The Kier molecular flexibility index (Phi) is 4.18. The van der Waals surface area contributed by atoms with E-state index < -0.39 is 0 Å². The van der Waals surface area contributed by atoms with Gasteiger partial charge in [-0.05, 0) is 6.07 Å². The van der Waals surface area contributed by atoms with Crippen LogP contribution >= 0.6 is 0 Å². The molecule has 0 amide bonds. The van der Waals surface area contributed by atoms with Crippen molar-refractivity contribution < 1.29 is 14.3 Å². The van der Waals surface area contributed by atoms with Gasteiger partial charge in [-0.15, -0.1) is 0 Å². The fourth-order valence-electron chi connectivity index (χ4n) is 1.70. The minimum absolute atomic E-state index is 0.202. The molecule has 0 aliphatic rings. The first-order valence-electron chi connectivity index (χ1n) is 5.94. The zero-order valence-electron chi connectivity index (χ0n) is 11.0. The molecule has 2 aromatic rings. The second-order valence-corrected chi connectivity index (χ2v) is 4.10. The molecule has 0 atom stereocenters. The monoisotopic (exact) mass is 260 g/mol. The van der Waals surface area contributed by atoms with Crippen molar-refractivity contribution in [1.82, 2.24) is 9.55 Å². The quantitative estimate of drug-likeness (QED) is 0.768. The number of benzene rings is 1. The van der Waals surface area contributed by atoms with Gasteiger partial charge in [0.1, 0.15) is 18.2 Å². The first kappa shape index (κ1) is 13.1. The summed E-state index contributed by atoms with van der Waals surface area (Å²) in [5.41, 5.74) is 0.809. The van der Waals surface area contributed by atoms with Gasteiger partial charge in [-0.2, -0.15) is 0 Å². The molecule has 0 unspecified atom stereocenters. The van der Waals surface area contributed by atoms with Gasteiger partial charge in [0, 0.05) is 25.0 Å². The van der Waals surface area contributed by atoms with Gasteiger partial charge in [-0.1, -0.05) is 18.2 Å². The number of aryl methyl sites for hydroxylation is 1. The van der Waals surface area contributed by atoms with Crippen molar-refractivity contribution in [2.75, 3.05) is 7.11 Å². The smallest absolute Gasteiger partial charge is 0.310 e. The number of nitrogens with zero attached hydrogens (tertiary/aromatic N) is 2. The van der Waals surface area contributed by atoms with Crippen molar-refractivity contribution in [1.29, 1.82) is 0 Å². The first-order chi connectivity index (χ1) is 9.20. The van der Waals surface area contributed by atoms with Gasteiger partial charge in [-0.3, -0.25) is 4.79 Å². The van der Waals surface area contributed by atoms with Gasteiger partial charge in [-0.25, -0.2) is 4.98 Å². The molecule has 0 fully saturated rings. The van der Waals surface area contributed by atoms with Crippen molar-refractivity contribution in [3.63, 3.8) is 0 Å². The average molecular weight is 260 g/mol. The Hall–Kier alpha value is -2.30. The lowest BCUT2D eigenvalue weighted by molar-refractivity contribution is -0.139. The number of carbonyl (C=O) groups excluding carboxylic acids is 1. The highest BCUT2D eigenvalue weighted by atomic mass is 16.5. The van der Waals surface area contributed by atoms with Crippen molar-refractivity contribution in [2.24, 2.45) is 7.05 Å². The fraction of sp³-hybridized carbons (Fsp3) is 0.286. The molecule has 0 saturated heterocycles. The lowest BCUT2D eigenvalue weighted by Gasteiger charge is -2.10. The van der Waals surface area contributed by atoms with E-state index in [1.54, 1.807) is 6.20 Å². The van der Waals surface area contributed by atoms with E-state index in [1.165, 1.54) is 7.11 Å². The van der Waals surface area contributed by atoms with Crippen LogP contribution in [0.4, 0.5) is 0 Å². The summed E-state index contributed by atoms with van der Waals surface area (Å²) in [5, 5.41) is 0. The molecule has 0 radical (unpaired) electrons. The molecule has 5 nitrogen and oxygen atoms in total. The summed E-state index contributed by atoms with van der Waals surface area (Å²) < 4.78 is 12.3. The van der Waals surface area contributed by atoms with Gasteiger partial charge in [0.2, 0.25) is 0 Å². The number of esters is 1. The number of rotatable bonds is 5. The van der Waals surface area contributed by atoms with Gasteiger partial charge < -0.3 is 14.0 Å². The van der Waals surface area contributed by atoms with Crippen LogP contribution in [-0.4, -0.2) is 22.6 Å². The molecule has 0 aliphatic carbocycles. The van der Waals surface area contributed by atoms with E-state index in [1.807, 2.05) is 42.1 Å². The topological polar surface area (TPSA) is 53.4 Å². The van der Waals surface area contributed by atoms with Gasteiger partial charge in [0.25, 0.3) is 0 Å². The predicted octanol–water partition coefficient (Wildman–Crippen LogP) is 1.71. The van der Waals surface area contributed by atoms with Crippen LogP contribution in [0, 0.1) is 0 Å². The van der Waals surface area contributed by atoms with E-state index >= 15 is 0 Å². The molecular weight excluding hydrogens is 244 g/mol. The SMILES string of the molecule is COC(=O)Cc1ccccc1OCc1nccn1C. The van der Waals surface area contributed by atoms with Crippen molar-refractivity contribution in [3.8, 4) is 5.75 Å². The van der Waals surface area contributed by atoms with E-state index in [4.69, 9.17) is 4.74 Å². The maximum absolute atomic E-state index is 11.3. The molecule has 0 bridgehead atoms. The van der Waals surface area contributed by atoms with E-state index in [0.29, 0.717) is 12.4 Å². The lowest BCUT2D eigenvalue weighted by Crippen LogP contribution is -2.08. The maximum atomic E-state index is 11.3. The highest BCUT2D eigenvalue weighted by molar-refractivity contribution is 5.73. The standard InChI is InChI=1S/C14H16N2O3/c1-16-8-7-15-13(16)10-19-12-6-4-3-5-11(12)9-14(17)18-2/h3-8H,9-10H2,1-2H3. The van der Waals surface area contributed by atoms with E-state index in [9.17, 15) is 4.79 Å². The van der Waals surface area contributed by atoms with E-state index in [2.05, 4.69) is 9.72 Å². The predicted molar refractivity (Wildman–Crippen MR) is 69.7 cm³/mol.